The van der Waals surface area contributed by atoms with Gasteiger partial charge >= 0.3 is 0 Å². The lowest BCUT2D eigenvalue weighted by Crippen LogP contribution is -2.30. The van der Waals surface area contributed by atoms with Crippen molar-refractivity contribution in [1.82, 2.24) is 10.2 Å². The Morgan fingerprint density at radius 1 is 1.26 bits per heavy atom. The average molecular weight is 285 g/mol. The lowest BCUT2D eigenvalue weighted by molar-refractivity contribution is 0.223. The molecule has 0 saturated carbocycles. The molecule has 2 nitrogen and oxygen atoms in total. The van der Waals surface area contributed by atoms with E-state index in [0.29, 0.717) is 11.5 Å². The van der Waals surface area contributed by atoms with Gasteiger partial charge in [-0.25, -0.2) is 4.39 Å². The van der Waals surface area contributed by atoms with Gasteiger partial charge in [0.25, 0.3) is 0 Å². The summed E-state index contributed by atoms with van der Waals surface area (Å²) in [6.07, 6.45) is 2.60. The fraction of sp³-hybridized carbons (Fsp3) is 0.600. The molecule has 0 bridgehead atoms. The standard InChI is InChI=1S/C15H21FN2.ClH/c1-12(13-2-4-14(16)5-3-13)18-9-7-15(11-18)6-8-17-10-15;/h2-5,12,17H,6-11H2,1H3;1H. The molecule has 2 aliphatic rings. The molecule has 1 spiro atoms. The highest BCUT2D eigenvalue weighted by molar-refractivity contribution is 5.85. The SMILES string of the molecule is CC(c1ccc(F)cc1)N1CCC2(CCNC2)C1.Cl. The largest absolute Gasteiger partial charge is 0.316 e. The second-order valence-electron chi connectivity index (χ2n) is 5.87. The third kappa shape index (κ3) is 2.93. The summed E-state index contributed by atoms with van der Waals surface area (Å²) in [6, 6.07) is 7.35. The van der Waals surface area contributed by atoms with Crippen LogP contribution in [0, 0.1) is 11.2 Å². The third-order valence-corrected chi connectivity index (χ3v) is 4.70. The second kappa shape index (κ2) is 5.78. The molecule has 3 rings (SSSR count). The predicted octanol–water partition coefficient (Wildman–Crippen LogP) is 2.99. The van der Waals surface area contributed by atoms with E-state index in [1.807, 2.05) is 12.1 Å². The molecule has 2 fully saturated rings. The molecule has 4 heteroatoms. The smallest absolute Gasteiger partial charge is 0.123 e. The topological polar surface area (TPSA) is 15.3 Å². The van der Waals surface area contributed by atoms with Crippen molar-refractivity contribution in [2.75, 3.05) is 26.2 Å². The number of hydrogen-bond donors (Lipinski definition) is 1. The van der Waals surface area contributed by atoms with Crippen LogP contribution in [0.1, 0.15) is 31.4 Å². The van der Waals surface area contributed by atoms with Crippen molar-refractivity contribution in [2.24, 2.45) is 5.41 Å². The summed E-state index contributed by atoms with van der Waals surface area (Å²) in [7, 11) is 0. The van der Waals surface area contributed by atoms with E-state index in [-0.39, 0.29) is 18.2 Å². The Morgan fingerprint density at radius 2 is 2.00 bits per heavy atom. The van der Waals surface area contributed by atoms with Crippen molar-refractivity contribution < 1.29 is 4.39 Å². The Bertz CT molecular complexity index is 415. The first kappa shape index (κ1) is 14.8. The zero-order chi connectivity index (χ0) is 12.6. The van der Waals surface area contributed by atoms with Gasteiger partial charge in [-0.05, 0) is 56.0 Å². The number of hydrogen-bond acceptors (Lipinski definition) is 2. The van der Waals surface area contributed by atoms with Gasteiger partial charge in [0.2, 0.25) is 0 Å². The number of rotatable bonds is 2. The molecule has 2 atom stereocenters. The lowest BCUT2D eigenvalue weighted by Gasteiger charge is -2.27. The van der Waals surface area contributed by atoms with E-state index >= 15 is 0 Å². The van der Waals surface area contributed by atoms with Crippen LogP contribution in [-0.4, -0.2) is 31.1 Å². The monoisotopic (exact) mass is 284 g/mol. The molecular formula is C15H22ClFN2. The summed E-state index contributed by atoms with van der Waals surface area (Å²) in [4.78, 5) is 2.54. The van der Waals surface area contributed by atoms with Crippen molar-refractivity contribution in [3.05, 3.63) is 35.6 Å². The quantitative estimate of drug-likeness (QED) is 0.898. The highest BCUT2D eigenvalue weighted by Crippen LogP contribution is 2.39. The van der Waals surface area contributed by atoms with Crippen LogP contribution in [-0.2, 0) is 0 Å². The van der Waals surface area contributed by atoms with Crippen LogP contribution in [0.4, 0.5) is 4.39 Å². The van der Waals surface area contributed by atoms with Crippen LogP contribution in [0.15, 0.2) is 24.3 Å². The van der Waals surface area contributed by atoms with Gasteiger partial charge in [-0.2, -0.15) is 0 Å². The van der Waals surface area contributed by atoms with Crippen LogP contribution in [0.2, 0.25) is 0 Å². The molecule has 1 N–H and O–H groups in total. The Balaban J connectivity index is 0.00000133. The first-order chi connectivity index (χ1) is 8.69. The van der Waals surface area contributed by atoms with Crippen molar-refractivity contribution in [2.45, 2.75) is 25.8 Å². The molecule has 2 aliphatic heterocycles. The van der Waals surface area contributed by atoms with Gasteiger partial charge < -0.3 is 5.32 Å². The maximum atomic E-state index is 12.9. The number of nitrogens with zero attached hydrogens (tertiary/aromatic N) is 1. The maximum Gasteiger partial charge on any atom is 0.123 e. The van der Waals surface area contributed by atoms with E-state index in [9.17, 15) is 4.39 Å². The minimum Gasteiger partial charge on any atom is -0.316 e. The summed E-state index contributed by atoms with van der Waals surface area (Å²) in [5, 5.41) is 3.49. The molecule has 2 unspecified atom stereocenters. The van der Waals surface area contributed by atoms with Crippen molar-refractivity contribution in [3.8, 4) is 0 Å². The first-order valence-corrected chi connectivity index (χ1v) is 6.89. The zero-order valence-corrected chi connectivity index (χ0v) is 12.2. The summed E-state index contributed by atoms with van der Waals surface area (Å²) in [5.74, 6) is -0.149. The molecule has 2 heterocycles. The number of likely N-dealkylation sites (tertiary alicyclic amines) is 1. The van der Waals surface area contributed by atoms with E-state index in [1.54, 1.807) is 12.1 Å². The average Bonchev–Trinajstić information content (AvgIpc) is 3.01. The molecule has 1 aromatic rings. The summed E-state index contributed by atoms with van der Waals surface area (Å²) < 4.78 is 12.9. The molecule has 106 valence electrons. The fourth-order valence-electron chi connectivity index (χ4n) is 3.40. The maximum absolute atomic E-state index is 12.9. The van der Waals surface area contributed by atoms with E-state index in [4.69, 9.17) is 0 Å². The van der Waals surface area contributed by atoms with Gasteiger partial charge in [0, 0.05) is 19.1 Å². The molecule has 1 aromatic carbocycles. The minimum absolute atomic E-state index is 0. The molecule has 2 saturated heterocycles. The Hall–Kier alpha value is -0.640. The van der Waals surface area contributed by atoms with Gasteiger partial charge in [0.15, 0.2) is 0 Å². The van der Waals surface area contributed by atoms with E-state index in [0.717, 1.165) is 0 Å². The van der Waals surface area contributed by atoms with Gasteiger partial charge in [-0.1, -0.05) is 12.1 Å². The van der Waals surface area contributed by atoms with Gasteiger partial charge in [0.05, 0.1) is 0 Å². The summed E-state index contributed by atoms with van der Waals surface area (Å²) >= 11 is 0. The van der Waals surface area contributed by atoms with E-state index in [1.165, 1.54) is 44.6 Å². The van der Waals surface area contributed by atoms with Crippen molar-refractivity contribution in [1.29, 1.82) is 0 Å². The molecule has 0 amide bonds. The van der Waals surface area contributed by atoms with Crippen LogP contribution >= 0.6 is 12.4 Å². The van der Waals surface area contributed by atoms with Gasteiger partial charge in [-0.15, -0.1) is 12.4 Å². The number of nitrogens with one attached hydrogen (secondary N) is 1. The lowest BCUT2D eigenvalue weighted by atomic mass is 9.86. The highest BCUT2D eigenvalue weighted by atomic mass is 35.5. The van der Waals surface area contributed by atoms with E-state index in [2.05, 4.69) is 17.1 Å². The Labute approximate surface area is 120 Å². The van der Waals surface area contributed by atoms with Crippen molar-refractivity contribution >= 4 is 12.4 Å². The highest BCUT2D eigenvalue weighted by Gasteiger charge is 2.41. The second-order valence-corrected chi connectivity index (χ2v) is 5.87. The predicted molar refractivity (Wildman–Crippen MR) is 78.2 cm³/mol. The number of halogens is 2. The molecule has 0 aliphatic carbocycles. The Morgan fingerprint density at radius 3 is 2.63 bits per heavy atom. The van der Waals surface area contributed by atoms with Crippen LogP contribution in [0.5, 0.6) is 0 Å². The molecular weight excluding hydrogens is 263 g/mol. The summed E-state index contributed by atoms with van der Waals surface area (Å²) in [5.41, 5.74) is 1.73. The molecule has 0 aromatic heterocycles. The third-order valence-electron chi connectivity index (χ3n) is 4.70. The minimum atomic E-state index is -0.149. The van der Waals surface area contributed by atoms with Gasteiger partial charge in [-0.3, -0.25) is 4.90 Å². The first-order valence-electron chi connectivity index (χ1n) is 6.89. The van der Waals surface area contributed by atoms with Crippen molar-refractivity contribution in [3.63, 3.8) is 0 Å². The Kier molecular flexibility index (Phi) is 4.49. The fourth-order valence-corrected chi connectivity index (χ4v) is 3.40. The van der Waals surface area contributed by atoms with Crippen LogP contribution < -0.4 is 5.32 Å². The number of benzene rings is 1. The van der Waals surface area contributed by atoms with E-state index < -0.39 is 0 Å². The van der Waals surface area contributed by atoms with Gasteiger partial charge in [0.1, 0.15) is 5.82 Å². The molecule has 0 radical (unpaired) electrons. The molecule has 19 heavy (non-hydrogen) atoms. The normalized spacial score (nSPS) is 28.5. The zero-order valence-electron chi connectivity index (χ0n) is 11.4. The van der Waals surface area contributed by atoms with Crippen LogP contribution in [0.3, 0.4) is 0 Å². The van der Waals surface area contributed by atoms with Crippen LogP contribution in [0.25, 0.3) is 0 Å². The summed E-state index contributed by atoms with van der Waals surface area (Å²) in [6.45, 7) is 6.91.